The van der Waals surface area contributed by atoms with Crippen LogP contribution in [-0.4, -0.2) is 47.4 Å². The van der Waals surface area contributed by atoms with E-state index in [9.17, 15) is 19.1 Å². The van der Waals surface area contributed by atoms with E-state index < -0.39 is 11.7 Å². The number of aliphatic hydroxyl groups excluding tert-OH is 1. The molecule has 0 aliphatic carbocycles. The number of nitrogens with one attached hydrogen (secondary N) is 3. The van der Waals surface area contributed by atoms with Gasteiger partial charge in [0.25, 0.3) is 5.91 Å². The smallest absolute Gasteiger partial charge is 0.407 e. The Morgan fingerprint density at radius 1 is 1.06 bits per heavy atom. The summed E-state index contributed by atoms with van der Waals surface area (Å²) in [6, 6.07) is 13.7. The van der Waals surface area contributed by atoms with Gasteiger partial charge in [0.05, 0.1) is 0 Å². The van der Waals surface area contributed by atoms with E-state index >= 15 is 0 Å². The quantitative estimate of drug-likeness (QED) is 0.349. The van der Waals surface area contributed by atoms with Crippen molar-refractivity contribution < 1.29 is 23.8 Å². The van der Waals surface area contributed by atoms with Gasteiger partial charge in [-0.25, -0.2) is 9.18 Å². The van der Waals surface area contributed by atoms with E-state index in [1.54, 1.807) is 32.9 Å². The molecule has 1 unspecified atom stereocenters. The third-order valence-corrected chi connectivity index (χ3v) is 5.60. The second-order valence-electron chi connectivity index (χ2n) is 9.91. The van der Waals surface area contributed by atoms with Crippen LogP contribution in [0.5, 0.6) is 0 Å². The van der Waals surface area contributed by atoms with Crippen LogP contribution < -0.4 is 10.6 Å². The summed E-state index contributed by atoms with van der Waals surface area (Å²) in [7, 11) is 0. The van der Waals surface area contributed by atoms with Crippen LogP contribution in [0.2, 0.25) is 0 Å². The number of para-hydroxylation sites is 1. The summed E-state index contributed by atoms with van der Waals surface area (Å²) in [4.78, 5) is 28.2. The number of aliphatic hydroxyl groups is 1. The molecule has 3 rings (SSSR count). The summed E-state index contributed by atoms with van der Waals surface area (Å²) in [5.41, 5.74) is 2.11. The van der Waals surface area contributed by atoms with Gasteiger partial charge in [-0.3, -0.25) is 4.79 Å². The van der Waals surface area contributed by atoms with Crippen molar-refractivity contribution in [1.82, 2.24) is 15.6 Å². The van der Waals surface area contributed by atoms with Crippen molar-refractivity contribution in [2.45, 2.75) is 39.7 Å². The number of fused-ring (bicyclic) bond motifs is 1. The zero-order valence-corrected chi connectivity index (χ0v) is 20.7. The minimum absolute atomic E-state index is 0.0511. The van der Waals surface area contributed by atoms with Crippen LogP contribution in [0.15, 0.2) is 48.5 Å². The van der Waals surface area contributed by atoms with Crippen LogP contribution in [0, 0.1) is 17.7 Å². The number of halogens is 1. The molecule has 4 N–H and O–H groups in total. The van der Waals surface area contributed by atoms with Crippen molar-refractivity contribution in [3.05, 3.63) is 60.0 Å². The molecule has 0 bridgehead atoms. The fraction of sp³-hybridized carbons (Fsp3) is 0.407. The lowest BCUT2D eigenvalue weighted by Crippen LogP contribution is -2.37. The number of carbonyl (C=O) groups excluding carboxylic acids is 2. The highest BCUT2D eigenvalue weighted by molar-refractivity contribution is 6.09. The minimum Gasteiger partial charge on any atom is -0.444 e. The minimum atomic E-state index is -0.592. The molecule has 35 heavy (non-hydrogen) atoms. The maximum absolute atomic E-state index is 13.5. The van der Waals surface area contributed by atoms with E-state index in [2.05, 4.69) is 15.6 Å². The summed E-state index contributed by atoms with van der Waals surface area (Å²) in [6.45, 7) is 7.91. The number of rotatable bonds is 9. The molecule has 0 spiro atoms. The fourth-order valence-corrected chi connectivity index (χ4v) is 4.00. The van der Waals surface area contributed by atoms with Crippen molar-refractivity contribution in [2.24, 2.45) is 11.8 Å². The van der Waals surface area contributed by atoms with Crippen molar-refractivity contribution in [3.8, 4) is 11.1 Å². The van der Waals surface area contributed by atoms with Gasteiger partial charge < -0.3 is 25.5 Å². The molecule has 8 heteroatoms. The van der Waals surface area contributed by atoms with E-state index in [1.807, 2.05) is 31.2 Å². The van der Waals surface area contributed by atoms with Crippen LogP contribution in [0.4, 0.5) is 9.18 Å². The van der Waals surface area contributed by atoms with Gasteiger partial charge in [-0.05, 0) is 62.8 Å². The second-order valence-corrected chi connectivity index (χ2v) is 9.91. The predicted octanol–water partition coefficient (Wildman–Crippen LogP) is 4.86. The average Bonchev–Trinajstić information content (AvgIpc) is 3.19. The standard InChI is InChI=1S/C27H34FN3O4/c1-17(13-18(16-32)15-30-26(34)35-27(2,3)4)14-29-25(33)24-23(19-9-11-20(28)12-10-19)21-7-5-6-8-22(21)31-24/h5-12,17-18,31-32H,13-16H2,1-4H3,(H,29,33)(H,30,34)/t17-,18?/m1/s1. The molecule has 1 aromatic heterocycles. The Balaban J connectivity index is 1.64. The second kappa shape index (κ2) is 11.4. The molecule has 0 saturated heterocycles. The van der Waals surface area contributed by atoms with Crippen LogP contribution in [0.25, 0.3) is 22.0 Å². The van der Waals surface area contributed by atoms with Gasteiger partial charge in [0, 0.05) is 36.2 Å². The summed E-state index contributed by atoms with van der Waals surface area (Å²) >= 11 is 0. The number of benzene rings is 2. The number of aromatic amines is 1. The Morgan fingerprint density at radius 3 is 2.40 bits per heavy atom. The summed E-state index contributed by atoms with van der Waals surface area (Å²) in [5.74, 6) is -0.722. The molecule has 7 nitrogen and oxygen atoms in total. The van der Waals surface area contributed by atoms with Crippen LogP contribution in [0.1, 0.15) is 44.6 Å². The average molecular weight is 484 g/mol. The Labute approximate surface area is 205 Å². The predicted molar refractivity (Wildman–Crippen MR) is 135 cm³/mol. The summed E-state index contributed by atoms with van der Waals surface area (Å²) < 4.78 is 18.7. The van der Waals surface area contributed by atoms with Crippen molar-refractivity contribution >= 4 is 22.9 Å². The number of carbonyl (C=O) groups is 2. The van der Waals surface area contributed by atoms with Crippen LogP contribution in [-0.2, 0) is 4.74 Å². The van der Waals surface area contributed by atoms with Crippen molar-refractivity contribution in [3.63, 3.8) is 0 Å². The number of hydrogen-bond acceptors (Lipinski definition) is 4. The number of amides is 2. The van der Waals surface area contributed by atoms with Gasteiger partial charge in [0.15, 0.2) is 0 Å². The Hall–Kier alpha value is -3.39. The van der Waals surface area contributed by atoms with E-state index in [0.717, 1.165) is 22.0 Å². The largest absolute Gasteiger partial charge is 0.444 e. The van der Waals surface area contributed by atoms with E-state index in [4.69, 9.17) is 4.74 Å². The van der Waals surface area contributed by atoms with Gasteiger partial charge in [-0.2, -0.15) is 0 Å². The molecule has 3 aromatic rings. The lowest BCUT2D eigenvalue weighted by Gasteiger charge is -2.23. The van der Waals surface area contributed by atoms with Gasteiger partial charge in [-0.1, -0.05) is 37.3 Å². The highest BCUT2D eigenvalue weighted by Gasteiger charge is 2.21. The molecule has 0 aliphatic heterocycles. The summed E-state index contributed by atoms with van der Waals surface area (Å²) in [6.07, 6.45) is 0.0773. The zero-order valence-electron chi connectivity index (χ0n) is 20.7. The molecule has 1 heterocycles. The first kappa shape index (κ1) is 26.2. The van der Waals surface area contributed by atoms with Crippen LogP contribution >= 0.6 is 0 Å². The fourth-order valence-electron chi connectivity index (χ4n) is 4.00. The lowest BCUT2D eigenvalue weighted by molar-refractivity contribution is 0.0509. The molecular formula is C27H34FN3O4. The van der Waals surface area contributed by atoms with Gasteiger partial charge >= 0.3 is 6.09 Å². The first-order valence-corrected chi connectivity index (χ1v) is 11.8. The Kier molecular flexibility index (Phi) is 8.51. The first-order valence-electron chi connectivity index (χ1n) is 11.8. The first-order chi connectivity index (χ1) is 16.6. The SMILES string of the molecule is C[C@@H](CNC(=O)c1[nH]c2ccccc2c1-c1ccc(F)cc1)CC(CO)CNC(=O)OC(C)(C)C. The lowest BCUT2D eigenvalue weighted by atomic mass is 9.96. The number of hydrogen-bond donors (Lipinski definition) is 4. The number of H-pyrrole nitrogens is 1. The Morgan fingerprint density at radius 2 is 1.74 bits per heavy atom. The third kappa shape index (κ3) is 7.29. The molecule has 0 radical (unpaired) electrons. The molecule has 0 fully saturated rings. The monoisotopic (exact) mass is 483 g/mol. The Bertz CT molecular complexity index is 1150. The summed E-state index contributed by atoms with van der Waals surface area (Å²) in [5, 5.41) is 16.3. The zero-order chi connectivity index (χ0) is 25.6. The van der Waals surface area contributed by atoms with Gasteiger partial charge in [0.2, 0.25) is 0 Å². The van der Waals surface area contributed by atoms with Crippen molar-refractivity contribution in [2.75, 3.05) is 19.7 Å². The topological polar surface area (TPSA) is 103 Å². The highest BCUT2D eigenvalue weighted by atomic mass is 19.1. The highest BCUT2D eigenvalue weighted by Crippen LogP contribution is 2.32. The molecular weight excluding hydrogens is 449 g/mol. The van der Waals surface area contributed by atoms with Crippen LogP contribution in [0.3, 0.4) is 0 Å². The molecule has 188 valence electrons. The van der Waals surface area contributed by atoms with Gasteiger partial charge in [-0.15, -0.1) is 0 Å². The van der Waals surface area contributed by atoms with Crippen molar-refractivity contribution in [1.29, 1.82) is 0 Å². The maximum Gasteiger partial charge on any atom is 0.407 e. The van der Waals surface area contributed by atoms with E-state index in [-0.39, 0.29) is 36.7 Å². The number of aromatic nitrogens is 1. The molecule has 2 atom stereocenters. The van der Waals surface area contributed by atoms with Gasteiger partial charge in [0.1, 0.15) is 17.1 Å². The maximum atomic E-state index is 13.5. The number of ether oxygens (including phenoxy) is 1. The normalized spacial score (nSPS) is 13.3. The van der Waals surface area contributed by atoms with E-state index in [0.29, 0.717) is 18.7 Å². The number of alkyl carbamates (subject to hydrolysis) is 1. The molecule has 0 aliphatic rings. The third-order valence-electron chi connectivity index (χ3n) is 5.60. The molecule has 2 amide bonds. The molecule has 0 saturated carbocycles. The van der Waals surface area contributed by atoms with E-state index in [1.165, 1.54) is 12.1 Å². The molecule has 2 aromatic carbocycles.